The molecule has 0 heterocycles. The van der Waals surface area contributed by atoms with Gasteiger partial charge in [0.05, 0.1) is 13.1 Å². The Kier molecular flexibility index (Phi) is 9.92. The van der Waals surface area contributed by atoms with Crippen molar-refractivity contribution < 1.29 is 27.8 Å². The average Bonchev–Trinajstić information content (AvgIpc) is 2.18. The van der Waals surface area contributed by atoms with Crippen molar-refractivity contribution in [2.24, 2.45) is 0 Å². The highest BCUT2D eigenvalue weighted by Gasteiger charge is 2.21. The second kappa shape index (κ2) is 9.15. The van der Waals surface area contributed by atoms with E-state index in [1.807, 2.05) is 0 Å². The number of nitrogens with two attached hydrogens (primary N) is 1. The number of ether oxygens (including phenoxy) is 1. The fraction of sp³-hybridized carbons (Fsp3) is 0.700. The van der Waals surface area contributed by atoms with Crippen LogP contribution in [-0.2, 0) is 19.6 Å². The molecule has 0 aromatic carbocycles. The molecule has 0 aliphatic heterocycles. The molecule has 1 unspecified atom stereocenters. The van der Waals surface area contributed by atoms with Gasteiger partial charge in [-0.1, -0.05) is 6.58 Å². The first-order valence-electron chi connectivity index (χ1n) is 5.31. The molecule has 0 rings (SSSR count). The predicted octanol–water partition coefficient (Wildman–Crippen LogP) is -0.0709. The molecule has 0 aromatic heterocycles. The topological polar surface area (TPSA) is 97.3 Å². The summed E-state index contributed by atoms with van der Waals surface area (Å²) in [5, 5.41) is 2.25. The van der Waals surface area contributed by atoms with Gasteiger partial charge in [0, 0.05) is 5.57 Å². The highest BCUT2D eigenvalue weighted by molar-refractivity contribution is 7.86. The second-order valence-corrected chi connectivity index (χ2v) is 5.07. The summed E-state index contributed by atoms with van der Waals surface area (Å²) < 4.78 is 33.4. The summed E-state index contributed by atoms with van der Waals surface area (Å²) in [5.74, 6) is -0.847. The lowest BCUT2D eigenvalue weighted by atomic mass is 10.4. The quantitative estimate of drug-likeness (QED) is 0.413. The fourth-order valence-electron chi connectivity index (χ4n) is 0.601. The van der Waals surface area contributed by atoms with Gasteiger partial charge in [0.2, 0.25) is 5.44 Å². The smallest absolute Gasteiger partial charge is 0.334 e. The van der Waals surface area contributed by atoms with E-state index in [-0.39, 0.29) is 5.57 Å². The Morgan fingerprint density at radius 1 is 1.41 bits per heavy atom. The van der Waals surface area contributed by atoms with E-state index < -0.39 is 21.5 Å². The molecule has 6 nitrogen and oxygen atoms in total. The highest BCUT2D eigenvalue weighted by atomic mass is 32.2. The van der Waals surface area contributed by atoms with Crippen molar-refractivity contribution in [2.75, 3.05) is 13.1 Å². The SMILES string of the molecule is C=C(C)C(=O)OC(C)S(=O)(=O)O.CC[NH2+]CC. The van der Waals surface area contributed by atoms with Crippen LogP contribution in [0.5, 0.6) is 0 Å². The molecule has 1 atom stereocenters. The standard InChI is InChI=1S/C6H10O5S.C4H11N/c1-4(2)6(7)11-5(3)12(8,9)10;1-3-5-4-2/h5H,1H2,2-3H3,(H,8,9,10);5H,3-4H2,1-2H3/p+1. The molecule has 0 aliphatic rings. The summed E-state index contributed by atoms with van der Waals surface area (Å²) >= 11 is 0. The van der Waals surface area contributed by atoms with Crippen LogP contribution >= 0.6 is 0 Å². The Balaban J connectivity index is 0. The van der Waals surface area contributed by atoms with Crippen molar-refractivity contribution in [1.82, 2.24) is 0 Å². The van der Waals surface area contributed by atoms with Crippen LogP contribution in [0.25, 0.3) is 0 Å². The van der Waals surface area contributed by atoms with E-state index in [0.717, 1.165) is 6.92 Å². The Morgan fingerprint density at radius 2 is 1.82 bits per heavy atom. The second-order valence-electron chi connectivity index (χ2n) is 3.37. The number of carbonyl (C=O) groups is 1. The van der Waals surface area contributed by atoms with Crippen molar-refractivity contribution in [1.29, 1.82) is 0 Å². The van der Waals surface area contributed by atoms with Gasteiger partial charge in [-0.15, -0.1) is 0 Å². The number of carbonyl (C=O) groups excluding carboxylic acids is 1. The Hall–Kier alpha value is -0.920. The van der Waals surface area contributed by atoms with E-state index in [0.29, 0.717) is 0 Å². The largest absolute Gasteiger partial charge is 0.440 e. The maximum atomic E-state index is 10.7. The zero-order valence-corrected chi connectivity index (χ0v) is 11.6. The molecule has 7 heteroatoms. The van der Waals surface area contributed by atoms with Gasteiger partial charge in [0.1, 0.15) is 0 Å². The van der Waals surface area contributed by atoms with Gasteiger partial charge in [-0.2, -0.15) is 8.42 Å². The Morgan fingerprint density at radius 3 is 2.00 bits per heavy atom. The van der Waals surface area contributed by atoms with Crippen molar-refractivity contribution in [3.05, 3.63) is 12.2 Å². The van der Waals surface area contributed by atoms with Crippen molar-refractivity contribution in [2.45, 2.75) is 33.1 Å². The van der Waals surface area contributed by atoms with Gasteiger partial charge >= 0.3 is 16.1 Å². The van der Waals surface area contributed by atoms with E-state index in [1.165, 1.54) is 20.0 Å². The Labute approximate surface area is 103 Å². The number of hydrogen-bond donors (Lipinski definition) is 2. The molecule has 0 spiro atoms. The average molecular weight is 268 g/mol. The van der Waals surface area contributed by atoms with Crippen LogP contribution in [0.1, 0.15) is 27.7 Å². The van der Waals surface area contributed by atoms with Gasteiger partial charge in [0.15, 0.2) is 0 Å². The van der Waals surface area contributed by atoms with Crippen LogP contribution in [0.4, 0.5) is 0 Å². The van der Waals surface area contributed by atoms with Crippen LogP contribution in [0, 0.1) is 0 Å². The summed E-state index contributed by atoms with van der Waals surface area (Å²) in [6.45, 7) is 12.4. The van der Waals surface area contributed by atoms with Crippen molar-refractivity contribution in [3.8, 4) is 0 Å². The molecule has 0 bridgehead atoms. The molecule has 17 heavy (non-hydrogen) atoms. The molecule has 0 saturated carbocycles. The van der Waals surface area contributed by atoms with Gasteiger partial charge in [-0.3, -0.25) is 4.55 Å². The van der Waals surface area contributed by atoms with Crippen LogP contribution < -0.4 is 5.32 Å². The lowest BCUT2D eigenvalue weighted by Crippen LogP contribution is -2.82. The summed E-state index contributed by atoms with van der Waals surface area (Å²) in [6.07, 6.45) is 0. The summed E-state index contributed by atoms with van der Waals surface area (Å²) in [5.41, 5.74) is -1.48. The van der Waals surface area contributed by atoms with Crippen LogP contribution in [0.15, 0.2) is 12.2 Å². The summed E-state index contributed by atoms with van der Waals surface area (Å²) in [4.78, 5) is 10.7. The maximum Gasteiger partial charge on any atom is 0.334 e. The van der Waals surface area contributed by atoms with E-state index in [9.17, 15) is 13.2 Å². The summed E-state index contributed by atoms with van der Waals surface area (Å²) in [7, 11) is -4.32. The predicted molar refractivity (Wildman–Crippen MR) is 64.9 cm³/mol. The minimum Gasteiger partial charge on any atom is -0.440 e. The van der Waals surface area contributed by atoms with Gasteiger partial charge < -0.3 is 10.1 Å². The van der Waals surface area contributed by atoms with Crippen molar-refractivity contribution in [3.63, 3.8) is 0 Å². The third-order valence-electron chi connectivity index (χ3n) is 1.62. The molecule has 102 valence electrons. The van der Waals surface area contributed by atoms with E-state index in [2.05, 4.69) is 30.5 Å². The number of esters is 1. The number of rotatable bonds is 5. The molecule has 0 saturated heterocycles. The number of quaternary nitrogens is 1. The lowest BCUT2D eigenvalue weighted by Gasteiger charge is -2.08. The molecule has 0 aromatic rings. The monoisotopic (exact) mass is 268 g/mol. The molecular weight excluding hydrogens is 246 g/mol. The third-order valence-corrected chi connectivity index (χ3v) is 2.55. The molecule has 0 radical (unpaired) electrons. The van der Waals surface area contributed by atoms with E-state index >= 15 is 0 Å². The highest BCUT2D eigenvalue weighted by Crippen LogP contribution is 2.03. The van der Waals surface area contributed by atoms with E-state index in [4.69, 9.17) is 4.55 Å². The molecular formula is C10H22NO5S+. The van der Waals surface area contributed by atoms with Crippen molar-refractivity contribution >= 4 is 16.1 Å². The minimum absolute atomic E-state index is 0.0745. The van der Waals surface area contributed by atoms with Gasteiger partial charge in [0.25, 0.3) is 0 Å². The zero-order chi connectivity index (χ0) is 14.1. The van der Waals surface area contributed by atoms with Gasteiger partial charge in [-0.05, 0) is 27.7 Å². The third kappa shape index (κ3) is 11.3. The Bertz CT molecular complexity index is 335. The molecule has 3 N–H and O–H groups in total. The zero-order valence-electron chi connectivity index (χ0n) is 10.8. The number of hydrogen-bond acceptors (Lipinski definition) is 4. The molecule has 0 fully saturated rings. The first-order chi connectivity index (χ1) is 7.66. The maximum absolute atomic E-state index is 10.7. The van der Waals surface area contributed by atoms with Gasteiger partial charge in [-0.25, -0.2) is 4.79 Å². The van der Waals surface area contributed by atoms with Crippen LogP contribution in [0.2, 0.25) is 0 Å². The normalized spacial score (nSPS) is 12.1. The summed E-state index contributed by atoms with van der Waals surface area (Å²) in [6, 6.07) is 0. The molecule has 0 aliphatic carbocycles. The minimum atomic E-state index is -4.32. The fourth-order valence-corrected chi connectivity index (χ4v) is 0.810. The lowest BCUT2D eigenvalue weighted by molar-refractivity contribution is -0.648. The first kappa shape index (κ1) is 18.4. The first-order valence-corrected chi connectivity index (χ1v) is 6.81. The molecule has 0 amide bonds. The van der Waals surface area contributed by atoms with Crippen LogP contribution in [-0.4, -0.2) is 37.5 Å². The van der Waals surface area contributed by atoms with E-state index in [1.54, 1.807) is 0 Å². The van der Waals surface area contributed by atoms with Crippen LogP contribution in [0.3, 0.4) is 0 Å².